The molecule has 0 amide bonds. The molecule has 5 heteroatoms. The van der Waals surface area contributed by atoms with Crippen LogP contribution in [0.2, 0.25) is 0 Å². The first kappa shape index (κ1) is 31.9. The summed E-state index contributed by atoms with van der Waals surface area (Å²) >= 11 is 0.0492. The Labute approximate surface area is 319 Å². The van der Waals surface area contributed by atoms with Crippen LogP contribution in [0.25, 0.3) is 96.9 Å². The molecule has 10 bridgehead atoms. The van der Waals surface area contributed by atoms with Crippen molar-refractivity contribution in [1.29, 1.82) is 0 Å². The van der Waals surface area contributed by atoms with E-state index in [1.165, 1.54) is 61.5 Å². The Morgan fingerprint density at radius 3 is 0.962 bits per heavy atom. The predicted molar refractivity (Wildman–Crippen MR) is 226 cm³/mol. The molecule has 3 nitrogen and oxygen atoms in total. The third-order valence-electron chi connectivity index (χ3n) is 9.73. The summed E-state index contributed by atoms with van der Waals surface area (Å²) in [4.78, 5) is 14.5. The Balaban J connectivity index is 1.39. The standard InChI is InChI=1S/C48H31N3Se2/c1-5-13-31(14-6-1)45-37-23-21-35(49-37)36-22-24-38(50-36)46(32-15-7-2-8-16-32)42-28-30-44(53-42)48(34-19-11-4-12-20-34)40-26-25-39(51-40)47(33-17-9-3-10-18-33)43-29-27-41(45)52-43/h1-30,51H. The van der Waals surface area contributed by atoms with Gasteiger partial charge in [-0.25, -0.2) is 0 Å². The summed E-state index contributed by atoms with van der Waals surface area (Å²) in [6.07, 6.45) is 8.59. The second-order valence-electron chi connectivity index (χ2n) is 13.0. The van der Waals surface area contributed by atoms with Gasteiger partial charge in [0.05, 0.1) is 0 Å². The van der Waals surface area contributed by atoms with Crippen LogP contribution in [0.4, 0.5) is 0 Å². The molecule has 4 aromatic heterocycles. The zero-order valence-corrected chi connectivity index (χ0v) is 32.0. The van der Waals surface area contributed by atoms with Crippen LogP contribution in [0.1, 0.15) is 22.8 Å². The monoisotopic (exact) mass is 809 g/mol. The van der Waals surface area contributed by atoms with E-state index in [4.69, 9.17) is 9.97 Å². The first-order chi connectivity index (χ1) is 26.3. The molecule has 0 spiro atoms. The van der Waals surface area contributed by atoms with E-state index in [1.54, 1.807) is 0 Å². The van der Waals surface area contributed by atoms with Crippen LogP contribution < -0.4 is 0 Å². The molecule has 0 unspecified atom stereocenters. The van der Waals surface area contributed by atoms with Gasteiger partial charge in [-0.1, -0.05) is 0 Å². The van der Waals surface area contributed by atoms with E-state index in [-0.39, 0.29) is 29.0 Å². The van der Waals surface area contributed by atoms with Crippen molar-refractivity contribution < 1.29 is 0 Å². The molecular weight excluding hydrogens is 776 g/mol. The molecule has 6 heterocycles. The van der Waals surface area contributed by atoms with E-state index in [0.29, 0.717) is 0 Å². The molecular formula is C48H31N3Se2. The van der Waals surface area contributed by atoms with Crippen molar-refractivity contribution in [2.24, 2.45) is 0 Å². The van der Waals surface area contributed by atoms with Crippen LogP contribution in [0.15, 0.2) is 158 Å². The zero-order valence-electron chi connectivity index (χ0n) is 28.5. The van der Waals surface area contributed by atoms with Crippen molar-refractivity contribution in [3.63, 3.8) is 0 Å². The van der Waals surface area contributed by atoms with Gasteiger partial charge >= 0.3 is 321 Å². The van der Waals surface area contributed by atoms with Crippen LogP contribution in [0.3, 0.4) is 0 Å². The number of hydrogen-bond acceptors (Lipinski definition) is 2. The van der Waals surface area contributed by atoms with Gasteiger partial charge in [0.2, 0.25) is 0 Å². The number of hydrogen-bond donors (Lipinski definition) is 1. The molecule has 4 aromatic carbocycles. The third-order valence-corrected chi connectivity index (χ3v) is 14.4. The molecule has 8 aromatic rings. The average molecular weight is 808 g/mol. The van der Waals surface area contributed by atoms with Crippen molar-refractivity contribution >= 4 is 81.4 Å². The number of rotatable bonds is 4. The summed E-state index contributed by atoms with van der Waals surface area (Å²) < 4.78 is 5.30. The van der Waals surface area contributed by atoms with Crippen LogP contribution in [-0.4, -0.2) is 44.0 Å². The molecule has 2 aliphatic rings. The molecule has 53 heavy (non-hydrogen) atoms. The predicted octanol–water partition coefficient (Wildman–Crippen LogP) is 11.8. The van der Waals surface area contributed by atoms with Gasteiger partial charge in [-0.05, 0) is 0 Å². The molecule has 250 valence electrons. The number of H-pyrrole nitrogens is 1. The molecule has 0 saturated carbocycles. The maximum absolute atomic E-state index is 5.29. The van der Waals surface area contributed by atoms with Crippen molar-refractivity contribution in [2.75, 3.05) is 0 Å². The van der Waals surface area contributed by atoms with E-state index < -0.39 is 0 Å². The number of nitrogens with one attached hydrogen (secondary N) is 1. The van der Waals surface area contributed by atoms with Crippen LogP contribution in [0.5, 0.6) is 0 Å². The molecule has 0 atom stereocenters. The van der Waals surface area contributed by atoms with Gasteiger partial charge in [-0.3, -0.25) is 0 Å². The van der Waals surface area contributed by atoms with Crippen molar-refractivity contribution in [3.8, 4) is 44.5 Å². The van der Waals surface area contributed by atoms with E-state index in [2.05, 4.69) is 187 Å². The fourth-order valence-electron chi connectivity index (χ4n) is 7.30. The molecule has 0 fully saturated rings. The average Bonchev–Trinajstić information content (AvgIpc) is 4.07. The van der Waals surface area contributed by atoms with Gasteiger partial charge in [-0.2, -0.15) is 0 Å². The Kier molecular flexibility index (Phi) is 8.21. The number of aromatic nitrogens is 3. The quantitative estimate of drug-likeness (QED) is 0.180. The minimum absolute atomic E-state index is 0.0246. The first-order valence-corrected chi connectivity index (χ1v) is 21.1. The Bertz CT molecular complexity index is 2720. The summed E-state index contributed by atoms with van der Waals surface area (Å²) in [6, 6.07) is 56.9. The SMILES string of the molecule is C1=Cc2nc1c1nc(c(-c3ccccc3)c3ccc([se]3)c(-c3ccccc3)c3ccc([nH]3)c(-c3ccccc3)c3ccc([se]3)c2-c2ccccc2)C=C1. The number of nitrogens with zero attached hydrogens (tertiary/aromatic N) is 2. The summed E-state index contributed by atoms with van der Waals surface area (Å²) in [6.45, 7) is 0. The molecule has 2 aliphatic heterocycles. The van der Waals surface area contributed by atoms with Crippen LogP contribution >= 0.6 is 0 Å². The second kappa shape index (κ2) is 13.6. The first-order valence-electron chi connectivity index (χ1n) is 17.7. The van der Waals surface area contributed by atoms with Crippen molar-refractivity contribution in [1.82, 2.24) is 15.0 Å². The van der Waals surface area contributed by atoms with E-state index in [9.17, 15) is 0 Å². The van der Waals surface area contributed by atoms with Gasteiger partial charge in [0.1, 0.15) is 0 Å². The molecule has 0 aliphatic carbocycles. The number of fused-ring (bicyclic) bond motifs is 11. The zero-order chi connectivity index (χ0) is 35.1. The van der Waals surface area contributed by atoms with E-state index in [1.807, 2.05) is 0 Å². The van der Waals surface area contributed by atoms with Crippen LogP contribution in [0, 0.1) is 0 Å². The fraction of sp³-hybridized carbons (Fsp3) is 0. The van der Waals surface area contributed by atoms with Gasteiger partial charge in [-0.15, -0.1) is 0 Å². The van der Waals surface area contributed by atoms with Gasteiger partial charge in [0, 0.05) is 0 Å². The molecule has 0 radical (unpaired) electrons. The Morgan fingerprint density at radius 2 is 0.604 bits per heavy atom. The van der Waals surface area contributed by atoms with Gasteiger partial charge in [0.15, 0.2) is 0 Å². The summed E-state index contributed by atoms with van der Waals surface area (Å²) in [5, 5.41) is 0. The molecule has 1 N–H and O–H groups in total. The number of benzene rings is 4. The van der Waals surface area contributed by atoms with Crippen molar-refractivity contribution in [3.05, 3.63) is 181 Å². The second-order valence-corrected chi connectivity index (χ2v) is 17.6. The normalized spacial score (nSPS) is 12.0. The van der Waals surface area contributed by atoms with Gasteiger partial charge in [0.25, 0.3) is 0 Å². The third kappa shape index (κ3) is 5.95. The molecule has 0 saturated heterocycles. The van der Waals surface area contributed by atoms with E-state index in [0.717, 1.165) is 33.8 Å². The minimum atomic E-state index is 0.0246. The summed E-state index contributed by atoms with van der Waals surface area (Å²) in [5.41, 5.74) is 15.6. The Hall–Kier alpha value is -5.80. The fourth-order valence-corrected chi connectivity index (χ4v) is 12.2. The number of aromatic amines is 1. The van der Waals surface area contributed by atoms with E-state index >= 15 is 0 Å². The summed E-state index contributed by atoms with van der Waals surface area (Å²) in [7, 11) is 0. The topological polar surface area (TPSA) is 41.6 Å². The maximum atomic E-state index is 5.29. The van der Waals surface area contributed by atoms with Gasteiger partial charge < -0.3 is 0 Å². The summed E-state index contributed by atoms with van der Waals surface area (Å²) in [5.74, 6) is 0. The Morgan fingerprint density at radius 1 is 0.302 bits per heavy atom. The van der Waals surface area contributed by atoms with Crippen LogP contribution in [-0.2, 0) is 0 Å². The molecule has 10 rings (SSSR count). The van der Waals surface area contributed by atoms with Crippen molar-refractivity contribution in [2.45, 2.75) is 0 Å².